The molecule has 33 heavy (non-hydrogen) atoms. The number of benzene rings is 1. The van der Waals surface area contributed by atoms with Crippen molar-refractivity contribution >= 4 is 27.5 Å². The van der Waals surface area contributed by atoms with Crippen molar-refractivity contribution in [1.29, 1.82) is 0 Å². The second-order valence-electron chi connectivity index (χ2n) is 9.24. The molecule has 1 aliphatic carbocycles. The van der Waals surface area contributed by atoms with Gasteiger partial charge >= 0.3 is 0 Å². The molecule has 1 saturated carbocycles. The van der Waals surface area contributed by atoms with E-state index in [-0.39, 0.29) is 29.2 Å². The molecule has 0 unspecified atom stereocenters. The van der Waals surface area contributed by atoms with E-state index in [1.807, 2.05) is 6.07 Å². The van der Waals surface area contributed by atoms with Crippen LogP contribution in [0.3, 0.4) is 0 Å². The van der Waals surface area contributed by atoms with Gasteiger partial charge in [0.2, 0.25) is 5.91 Å². The second kappa shape index (κ2) is 9.73. The van der Waals surface area contributed by atoms with Gasteiger partial charge in [-0.15, -0.1) is 11.3 Å². The molecule has 1 saturated heterocycles. The van der Waals surface area contributed by atoms with Gasteiger partial charge in [-0.05, 0) is 49.4 Å². The van der Waals surface area contributed by atoms with Crippen molar-refractivity contribution in [2.45, 2.75) is 57.5 Å². The molecule has 0 radical (unpaired) electrons. The Hall–Kier alpha value is -2.58. The van der Waals surface area contributed by atoms with Gasteiger partial charge in [-0.25, -0.2) is 9.37 Å². The third kappa shape index (κ3) is 5.17. The van der Waals surface area contributed by atoms with Crippen molar-refractivity contribution in [2.24, 2.45) is 5.92 Å². The number of aromatic amines is 1. The van der Waals surface area contributed by atoms with Crippen molar-refractivity contribution in [1.82, 2.24) is 20.2 Å². The summed E-state index contributed by atoms with van der Waals surface area (Å²) in [6.45, 7) is 2.31. The number of carbonyl (C=O) groups excluding carboxylic acids is 1. The lowest BCUT2D eigenvalue weighted by Gasteiger charge is -2.33. The molecule has 8 heteroatoms. The fourth-order valence-electron chi connectivity index (χ4n) is 4.95. The number of nitrogens with zero attached hydrogens (tertiary/aromatic N) is 2. The van der Waals surface area contributed by atoms with Crippen molar-refractivity contribution < 1.29 is 9.18 Å². The predicted octanol–water partition coefficient (Wildman–Crippen LogP) is 4.45. The van der Waals surface area contributed by atoms with E-state index in [9.17, 15) is 14.0 Å². The normalized spacial score (nSPS) is 18.6. The molecule has 5 rings (SSSR count). The lowest BCUT2D eigenvalue weighted by molar-refractivity contribution is -0.127. The van der Waals surface area contributed by atoms with Gasteiger partial charge in [0, 0.05) is 29.9 Å². The van der Waals surface area contributed by atoms with Crippen LogP contribution >= 0.6 is 11.3 Å². The van der Waals surface area contributed by atoms with Gasteiger partial charge in [-0.2, -0.15) is 0 Å². The number of piperidine rings is 1. The van der Waals surface area contributed by atoms with E-state index >= 15 is 0 Å². The largest absolute Gasteiger partial charge is 0.353 e. The maximum Gasteiger partial charge on any atom is 0.268 e. The average Bonchev–Trinajstić information content (AvgIpc) is 3.26. The lowest BCUT2D eigenvalue weighted by Crippen LogP contribution is -2.46. The molecule has 0 spiro atoms. The molecule has 2 N–H and O–H groups in total. The number of H-pyrrole nitrogens is 1. The topological polar surface area (TPSA) is 78.1 Å². The van der Waals surface area contributed by atoms with Crippen LogP contribution in [-0.4, -0.2) is 39.9 Å². The summed E-state index contributed by atoms with van der Waals surface area (Å²) in [6, 6.07) is 8.41. The van der Waals surface area contributed by atoms with E-state index in [1.165, 1.54) is 42.7 Å². The van der Waals surface area contributed by atoms with Crippen LogP contribution in [0.25, 0.3) is 20.7 Å². The van der Waals surface area contributed by atoms with Crippen LogP contribution in [0, 0.1) is 11.7 Å². The first-order valence-corrected chi connectivity index (χ1v) is 12.7. The number of aromatic nitrogens is 2. The number of fused-ring (bicyclic) bond motifs is 1. The fraction of sp³-hybridized carbons (Fsp3) is 0.480. The maximum absolute atomic E-state index is 13.2. The summed E-state index contributed by atoms with van der Waals surface area (Å²) in [4.78, 5) is 36.0. The average molecular weight is 469 g/mol. The summed E-state index contributed by atoms with van der Waals surface area (Å²) >= 11 is 1.37. The van der Waals surface area contributed by atoms with E-state index < -0.39 is 0 Å². The number of thiophene rings is 1. The minimum absolute atomic E-state index is 0.136. The first-order chi connectivity index (χ1) is 16.0. The highest BCUT2D eigenvalue weighted by molar-refractivity contribution is 7.22. The Morgan fingerprint density at radius 2 is 1.85 bits per heavy atom. The smallest absolute Gasteiger partial charge is 0.268 e. The quantitative estimate of drug-likeness (QED) is 0.580. The highest BCUT2D eigenvalue weighted by Gasteiger charge is 2.26. The van der Waals surface area contributed by atoms with Gasteiger partial charge in [-0.3, -0.25) is 14.5 Å². The Labute approximate surface area is 196 Å². The number of hydrogen-bond acceptors (Lipinski definition) is 5. The summed E-state index contributed by atoms with van der Waals surface area (Å²) in [7, 11) is 0. The van der Waals surface area contributed by atoms with E-state index in [0.29, 0.717) is 22.6 Å². The standard InChI is InChI=1S/C25H29FN4O2S/c26-18-8-6-16(7-9-18)21-14-20-23(33-21)25(32)29-22(28-20)15-30-12-10-19(11-13-30)27-24(31)17-4-2-1-3-5-17/h6-9,14,17,19H,1-5,10-13,15H2,(H,27,31)(H,28,29,32). The minimum Gasteiger partial charge on any atom is -0.353 e. The number of likely N-dealkylation sites (tertiary alicyclic amines) is 1. The molecule has 6 nitrogen and oxygen atoms in total. The van der Waals surface area contributed by atoms with Crippen LogP contribution in [0.15, 0.2) is 35.1 Å². The molecule has 3 heterocycles. The Balaban J connectivity index is 1.20. The summed E-state index contributed by atoms with van der Waals surface area (Å²) in [6.07, 6.45) is 7.47. The lowest BCUT2D eigenvalue weighted by atomic mass is 9.88. The number of nitrogens with one attached hydrogen (secondary N) is 2. The number of hydrogen-bond donors (Lipinski definition) is 2. The van der Waals surface area contributed by atoms with Crippen molar-refractivity contribution in [3.8, 4) is 10.4 Å². The number of carbonyl (C=O) groups is 1. The van der Waals surface area contributed by atoms with Crippen LogP contribution in [0.4, 0.5) is 4.39 Å². The van der Waals surface area contributed by atoms with Crippen LogP contribution in [0.2, 0.25) is 0 Å². The van der Waals surface area contributed by atoms with Crippen molar-refractivity contribution in [2.75, 3.05) is 13.1 Å². The maximum atomic E-state index is 13.2. The van der Waals surface area contributed by atoms with Gasteiger partial charge in [0.05, 0.1) is 12.1 Å². The molecule has 0 atom stereocenters. The molecule has 1 aromatic carbocycles. The Morgan fingerprint density at radius 1 is 1.12 bits per heavy atom. The number of rotatable bonds is 5. The molecule has 1 amide bonds. The second-order valence-corrected chi connectivity index (χ2v) is 10.3. The van der Waals surface area contributed by atoms with Gasteiger partial charge in [0.1, 0.15) is 16.3 Å². The zero-order valence-electron chi connectivity index (χ0n) is 18.6. The third-order valence-corrected chi connectivity index (χ3v) is 8.02. The minimum atomic E-state index is -0.282. The molecule has 2 aliphatic rings. The molecule has 174 valence electrons. The van der Waals surface area contributed by atoms with Gasteiger partial charge in [0.25, 0.3) is 5.56 Å². The SMILES string of the molecule is O=C(NC1CCN(Cc2nc3cc(-c4ccc(F)cc4)sc3c(=O)[nH]2)CC1)C1CCCCC1. The highest BCUT2D eigenvalue weighted by Crippen LogP contribution is 2.31. The van der Waals surface area contributed by atoms with Crippen LogP contribution in [0.1, 0.15) is 50.8 Å². The van der Waals surface area contributed by atoms with E-state index in [4.69, 9.17) is 4.98 Å². The van der Waals surface area contributed by atoms with E-state index in [0.717, 1.165) is 49.2 Å². The van der Waals surface area contributed by atoms with E-state index in [1.54, 1.807) is 12.1 Å². The fourth-order valence-corrected chi connectivity index (χ4v) is 5.95. The summed E-state index contributed by atoms with van der Waals surface area (Å²) < 4.78 is 13.8. The zero-order chi connectivity index (χ0) is 22.8. The Bertz CT molecular complexity index is 1180. The Kier molecular flexibility index (Phi) is 6.55. The van der Waals surface area contributed by atoms with Gasteiger partial charge in [-0.1, -0.05) is 31.4 Å². The van der Waals surface area contributed by atoms with Crippen LogP contribution in [-0.2, 0) is 11.3 Å². The molecular weight excluding hydrogens is 439 g/mol. The first kappa shape index (κ1) is 22.2. The molecule has 2 aromatic heterocycles. The molecule has 2 fully saturated rings. The van der Waals surface area contributed by atoms with Crippen LogP contribution in [0.5, 0.6) is 0 Å². The number of halogens is 1. The Morgan fingerprint density at radius 3 is 2.58 bits per heavy atom. The zero-order valence-corrected chi connectivity index (χ0v) is 19.4. The molecule has 3 aromatic rings. The van der Waals surface area contributed by atoms with Crippen molar-refractivity contribution in [3.63, 3.8) is 0 Å². The monoisotopic (exact) mass is 468 g/mol. The van der Waals surface area contributed by atoms with Crippen molar-refractivity contribution in [3.05, 3.63) is 52.3 Å². The third-order valence-electron chi connectivity index (χ3n) is 6.84. The summed E-state index contributed by atoms with van der Waals surface area (Å²) in [5.41, 5.74) is 1.41. The summed E-state index contributed by atoms with van der Waals surface area (Å²) in [5, 5.41) is 3.27. The van der Waals surface area contributed by atoms with Gasteiger partial charge < -0.3 is 10.3 Å². The van der Waals surface area contributed by atoms with E-state index in [2.05, 4.69) is 15.2 Å². The molecule has 1 aliphatic heterocycles. The summed E-state index contributed by atoms with van der Waals surface area (Å²) in [5.74, 6) is 0.804. The first-order valence-electron chi connectivity index (χ1n) is 11.9. The highest BCUT2D eigenvalue weighted by atomic mass is 32.1. The molecule has 0 bridgehead atoms. The number of amides is 1. The van der Waals surface area contributed by atoms with Gasteiger partial charge in [0.15, 0.2) is 0 Å². The predicted molar refractivity (Wildman–Crippen MR) is 129 cm³/mol. The molecular formula is C25H29FN4O2S. The van der Waals surface area contributed by atoms with Crippen LogP contribution < -0.4 is 10.9 Å².